The molecule has 9 nitrogen and oxygen atoms in total. The Hall–Kier alpha value is -3.30. The molecule has 1 saturated heterocycles. The summed E-state index contributed by atoms with van der Waals surface area (Å²) < 4.78 is 7.24. The van der Waals surface area contributed by atoms with Crippen LogP contribution in [0, 0.1) is 0 Å². The van der Waals surface area contributed by atoms with Crippen LogP contribution in [-0.2, 0) is 16.1 Å². The Balaban J connectivity index is 1.55. The van der Waals surface area contributed by atoms with Gasteiger partial charge in [-0.05, 0) is 31.5 Å². The number of nitrogens with zero attached hydrogens (tertiary/aromatic N) is 7. The van der Waals surface area contributed by atoms with Gasteiger partial charge < -0.3 is 14.6 Å². The van der Waals surface area contributed by atoms with Crippen molar-refractivity contribution in [2.24, 2.45) is 0 Å². The molecule has 1 aliphatic rings. The number of hydrogen-bond donors (Lipinski definition) is 0. The minimum atomic E-state index is 0.195. The average Bonchev–Trinajstić information content (AvgIpc) is 3.26. The highest BCUT2D eigenvalue weighted by Crippen LogP contribution is 2.29. The number of carbonyl (C=O) groups is 1. The van der Waals surface area contributed by atoms with Gasteiger partial charge in [0.1, 0.15) is 6.29 Å². The van der Waals surface area contributed by atoms with E-state index in [1.165, 1.54) is 5.56 Å². The predicted molar refractivity (Wildman–Crippen MR) is 133 cm³/mol. The average molecular weight is 464 g/mol. The summed E-state index contributed by atoms with van der Waals surface area (Å²) in [5.41, 5.74) is 4.69. The van der Waals surface area contributed by atoms with Crippen molar-refractivity contribution < 1.29 is 9.53 Å². The maximum atomic E-state index is 11.6. The van der Waals surface area contributed by atoms with Gasteiger partial charge in [-0.15, -0.1) is 0 Å². The van der Waals surface area contributed by atoms with E-state index in [0.717, 1.165) is 54.2 Å². The predicted octanol–water partition coefficient (Wildman–Crippen LogP) is 2.48. The van der Waals surface area contributed by atoms with Gasteiger partial charge >= 0.3 is 0 Å². The summed E-state index contributed by atoms with van der Waals surface area (Å²) in [5, 5.41) is 1.95. The zero-order valence-corrected chi connectivity index (χ0v) is 20.5. The highest BCUT2D eigenvalue weighted by Gasteiger charge is 2.31. The summed E-state index contributed by atoms with van der Waals surface area (Å²) >= 11 is 0. The lowest BCUT2D eigenvalue weighted by Crippen LogP contribution is -2.51. The van der Waals surface area contributed by atoms with E-state index in [0.29, 0.717) is 6.61 Å². The highest BCUT2D eigenvalue weighted by atomic mass is 16.5. The van der Waals surface area contributed by atoms with Gasteiger partial charge in [0.25, 0.3) is 0 Å². The number of rotatable bonds is 8. The second-order valence-corrected chi connectivity index (χ2v) is 8.89. The number of benzene rings is 1. The van der Waals surface area contributed by atoms with Gasteiger partial charge in [-0.3, -0.25) is 19.7 Å². The van der Waals surface area contributed by atoms with Crippen LogP contribution in [0.4, 0.5) is 0 Å². The molecule has 1 aromatic carbocycles. The molecule has 0 N–H and O–H groups in total. The number of imidazole rings is 1. The second-order valence-electron chi connectivity index (χ2n) is 8.89. The van der Waals surface area contributed by atoms with E-state index in [9.17, 15) is 4.79 Å². The molecule has 1 fully saturated rings. The lowest BCUT2D eigenvalue weighted by molar-refractivity contribution is -0.104. The standard InChI is InChI=1S/C25H33N7O2/c1-18-15-30(19(2)20-6-7-22-23(14-20)27-10-9-26-22)11-12-31(18)24(8-13-33)25-28-21(17-34-5)16-32(25)29(3)4/h6-10,13-14,16,18-19H,11-12,15,17H2,1-5H3/b24-8+. The van der Waals surface area contributed by atoms with Crippen LogP contribution in [0.25, 0.3) is 16.7 Å². The number of piperazine rings is 1. The van der Waals surface area contributed by atoms with Crippen molar-refractivity contribution in [2.75, 3.05) is 45.8 Å². The van der Waals surface area contributed by atoms with Crippen molar-refractivity contribution in [1.29, 1.82) is 0 Å². The quantitative estimate of drug-likeness (QED) is 0.372. The van der Waals surface area contributed by atoms with E-state index in [-0.39, 0.29) is 12.1 Å². The molecule has 0 radical (unpaired) electrons. The molecule has 9 heteroatoms. The van der Waals surface area contributed by atoms with Gasteiger partial charge in [0.2, 0.25) is 0 Å². The zero-order valence-electron chi connectivity index (χ0n) is 20.5. The first-order valence-corrected chi connectivity index (χ1v) is 11.5. The highest BCUT2D eigenvalue weighted by molar-refractivity contribution is 5.79. The fourth-order valence-electron chi connectivity index (χ4n) is 4.62. The zero-order chi connectivity index (χ0) is 24.2. The Morgan fingerprint density at radius 1 is 1.24 bits per heavy atom. The summed E-state index contributed by atoms with van der Waals surface area (Å²) in [6.07, 6.45) is 7.86. The van der Waals surface area contributed by atoms with Crippen LogP contribution in [0.15, 0.2) is 42.9 Å². The minimum absolute atomic E-state index is 0.195. The monoisotopic (exact) mass is 463 g/mol. The van der Waals surface area contributed by atoms with E-state index in [4.69, 9.17) is 9.72 Å². The molecule has 2 unspecified atom stereocenters. The molecule has 3 heterocycles. The summed E-state index contributed by atoms with van der Waals surface area (Å²) in [5.74, 6) is 0.741. The largest absolute Gasteiger partial charge is 0.378 e. The number of aldehydes is 1. The maximum Gasteiger partial charge on any atom is 0.175 e. The molecule has 0 amide bonds. The fraction of sp³-hybridized carbons (Fsp3) is 0.440. The third-order valence-corrected chi connectivity index (χ3v) is 6.41. The smallest absolute Gasteiger partial charge is 0.175 e. The molecule has 0 bridgehead atoms. The molecule has 34 heavy (non-hydrogen) atoms. The third-order valence-electron chi connectivity index (χ3n) is 6.41. The first kappa shape index (κ1) is 23.8. The Morgan fingerprint density at radius 3 is 2.68 bits per heavy atom. The van der Waals surface area contributed by atoms with Gasteiger partial charge in [-0.25, -0.2) is 9.66 Å². The third kappa shape index (κ3) is 4.80. The Labute approximate surface area is 200 Å². The van der Waals surface area contributed by atoms with Crippen molar-refractivity contribution in [3.05, 3.63) is 59.9 Å². The van der Waals surface area contributed by atoms with E-state index in [1.807, 2.05) is 36.0 Å². The SMILES string of the molecule is COCc1cn(N(C)C)c(/C(=C\C=O)N2CCN(C(C)c3ccc4nccnc4c3)CC2C)n1. The minimum Gasteiger partial charge on any atom is -0.378 e. The van der Waals surface area contributed by atoms with Crippen molar-refractivity contribution >= 4 is 23.0 Å². The summed E-state index contributed by atoms with van der Waals surface area (Å²) in [4.78, 5) is 30.0. The normalized spacial score (nSPS) is 18.3. The molecule has 4 rings (SSSR count). The molecular weight excluding hydrogens is 430 g/mol. The second kappa shape index (κ2) is 10.3. The molecule has 1 aliphatic heterocycles. The number of aromatic nitrogens is 4. The number of hydrogen-bond acceptors (Lipinski definition) is 8. The maximum absolute atomic E-state index is 11.6. The number of allylic oxidation sites excluding steroid dienone is 1. The van der Waals surface area contributed by atoms with Crippen LogP contribution in [0.1, 0.15) is 37.0 Å². The van der Waals surface area contributed by atoms with Gasteiger partial charge in [0.15, 0.2) is 5.82 Å². The lowest BCUT2D eigenvalue weighted by atomic mass is 10.0. The van der Waals surface area contributed by atoms with E-state index in [2.05, 4.69) is 45.7 Å². The summed E-state index contributed by atoms with van der Waals surface area (Å²) in [6, 6.07) is 6.75. The number of carbonyl (C=O) groups excluding carboxylic acids is 1. The Kier molecular flexibility index (Phi) is 7.23. The Morgan fingerprint density at radius 2 is 2.00 bits per heavy atom. The molecular formula is C25H33N7O2. The fourth-order valence-corrected chi connectivity index (χ4v) is 4.62. The van der Waals surface area contributed by atoms with Gasteiger partial charge in [-0.1, -0.05) is 6.07 Å². The van der Waals surface area contributed by atoms with Gasteiger partial charge in [0.05, 0.1) is 35.2 Å². The van der Waals surface area contributed by atoms with E-state index >= 15 is 0 Å². The number of methoxy groups -OCH3 is 1. The summed E-state index contributed by atoms with van der Waals surface area (Å²) in [6.45, 7) is 7.37. The Bertz CT molecular complexity index is 1170. The van der Waals surface area contributed by atoms with Crippen LogP contribution in [-0.4, -0.2) is 82.6 Å². The molecule has 180 valence electrons. The van der Waals surface area contributed by atoms with E-state index in [1.54, 1.807) is 25.6 Å². The number of ether oxygens (including phenoxy) is 1. The molecule has 0 aliphatic carbocycles. The van der Waals surface area contributed by atoms with Crippen LogP contribution >= 0.6 is 0 Å². The number of fused-ring (bicyclic) bond motifs is 1. The first-order valence-electron chi connectivity index (χ1n) is 11.5. The van der Waals surface area contributed by atoms with Crippen LogP contribution < -0.4 is 5.01 Å². The molecule has 3 aromatic rings. The topological polar surface area (TPSA) is 79.6 Å². The molecule has 0 spiro atoms. The van der Waals surface area contributed by atoms with Crippen molar-refractivity contribution in [3.63, 3.8) is 0 Å². The van der Waals surface area contributed by atoms with Crippen LogP contribution in [0.3, 0.4) is 0 Å². The van der Waals surface area contributed by atoms with Crippen molar-refractivity contribution in [3.8, 4) is 0 Å². The van der Waals surface area contributed by atoms with E-state index < -0.39 is 0 Å². The van der Waals surface area contributed by atoms with Crippen molar-refractivity contribution in [2.45, 2.75) is 32.5 Å². The van der Waals surface area contributed by atoms with Crippen LogP contribution in [0.2, 0.25) is 0 Å². The molecule has 0 saturated carbocycles. The van der Waals surface area contributed by atoms with Crippen molar-refractivity contribution in [1.82, 2.24) is 29.4 Å². The van der Waals surface area contributed by atoms with Gasteiger partial charge in [0, 0.05) is 71.4 Å². The van der Waals surface area contributed by atoms with Crippen LogP contribution in [0.5, 0.6) is 0 Å². The van der Waals surface area contributed by atoms with Gasteiger partial charge in [-0.2, -0.15) is 0 Å². The first-order chi connectivity index (χ1) is 16.4. The molecule has 2 atom stereocenters. The molecule has 2 aromatic heterocycles. The lowest BCUT2D eigenvalue weighted by Gasteiger charge is -2.44. The summed E-state index contributed by atoms with van der Waals surface area (Å²) in [7, 11) is 5.57.